The highest BCUT2D eigenvalue weighted by molar-refractivity contribution is 6.39. The number of amides is 1. The van der Waals surface area contributed by atoms with Gasteiger partial charge in [-0.05, 0) is 30.3 Å². The van der Waals surface area contributed by atoms with E-state index >= 15 is 0 Å². The summed E-state index contributed by atoms with van der Waals surface area (Å²) in [4.78, 5) is 23.0. The lowest BCUT2D eigenvalue weighted by Gasteiger charge is -2.11. The smallest absolute Gasteiger partial charge is 0.262 e. The third kappa shape index (κ3) is 4.37. The highest BCUT2D eigenvalue weighted by atomic mass is 35.5. The largest absolute Gasteiger partial charge is 0.497 e. The summed E-state index contributed by atoms with van der Waals surface area (Å²) < 4.78 is 10.4. The van der Waals surface area contributed by atoms with Gasteiger partial charge in [0.05, 0.1) is 28.4 Å². The van der Waals surface area contributed by atoms with E-state index in [9.17, 15) is 9.59 Å². The molecular weight excluding hydrogens is 341 g/mol. The topological polar surface area (TPSA) is 64.6 Å². The zero-order chi connectivity index (χ0) is 16.8. The number of hydrogen-bond acceptors (Lipinski definition) is 4. The van der Waals surface area contributed by atoms with Gasteiger partial charge in [-0.25, -0.2) is 0 Å². The molecule has 2 aromatic rings. The average Bonchev–Trinajstić information content (AvgIpc) is 2.56. The van der Waals surface area contributed by atoms with Crippen LogP contribution in [0.4, 0.5) is 5.69 Å². The second-order valence-corrected chi connectivity index (χ2v) is 5.27. The van der Waals surface area contributed by atoms with E-state index in [1.807, 2.05) is 0 Å². The number of rotatable bonds is 6. The SMILES string of the molecule is COc1ccc(OCC(=O)Nc2c(Cl)cccc2Cl)c(C=O)c1. The standard InChI is InChI=1S/C16H13Cl2NO4/c1-22-11-5-6-14(10(7-11)8-20)23-9-15(21)19-16-12(17)3-2-4-13(16)18/h2-8H,9H2,1H3,(H,19,21). The lowest BCUT2D eigenvalue weighted by Crippen LogP contribution is -2.21. The molecule has 7 heteroatoms. The second-order valence-electron chi connectivity index (χ2n) is 4.46. The van der Waals surface area contributed by atoms with Crippen LogP contribution in [-0.4, -0.2) is 25.9 Å². The van der Waals surface area contributed by atoms with E-state index in [1.165, 1.54) is 13.2 Å². The number of carbonyl (C=O) groups is 2. The van der Waals surface area contributed by atoms with Crippen molar-refractivity contribution in [3.05, 3.63) is 52.0 Å². The van der Waals surface area contributed by atoms with Gasteiger partial charge in [0, 0.05) is 0 Å². The molecule has 0 radical (unpaired) electrons. The minimum atomic E-state index is -0.451. The van der Waals surface area contributed by atoms with Crippen molar-refractivity contribution < 1.29 is 19.1 Å². The van der Waals surface area contributed by atoms with Gasteiger partial charge in [0.25, 0.3) is 5.91 Å². The maximum absolute atomic E-state index is 11.9. The van der Waals surface area contributed by atoms with Crippen LogP contribution in [0.5, 0.6) is 11.5 Å². The first kappa shape index (κ1) is 17.1. The number of benzene rings is 2. The molecule has 2 aromatic carbocycles. The predicted octanol–water partition coefficient (Wildman–Crippen LogP) is 3.83. The molecule has 0 heterocycles. The summed E-state index contributed by atoms with van der Waals surface area (Å²) in [5.41, 5.74) is 0.600. The zero-order valence-electron chi connectivity index (χ0n) is 12.1. The van der Waals surface area contributed by atoms with Crippen LogP contribution in [0.3, 0.4) is 0 Å². The van der Waals surface area contributed by atoms with Crippen molar-refractivity contribution in [2.45, 2.75) is 0 Å². The number of methoxy groups -OCH3 is 1. The van der Waals surface area contributed by atoms with E-state index in [-0.39, 0.29) is 17.9 Å². The number of hydrogen-bond donors (Lipinski definition) is 1. The molecule has 2 rings (SSSR count). The molecule has 0 bridgehead atoms. The molecule has 1 N–H and O–H groups in total. The van der Waals surface area contributed by atoms with Crippen LogP contribution in [0, 0.1) is 0 Å². The number of halogens is 2. The highest BCUT2D eigenvalue weighted by Gasteiger charge is 2.12. The van der Waals surface area contributed by atoms with Crippen molar-refractivity contribution in [1.29, 1.82) is 0 Å². The Balaban J connectivity index is 2.03. The van der Waals surface area contributed by atoms with E-state index in [1.54, 1.807) is 30.3 Å². The lowest BCUT2D eigenvalue weighted by molar-refractivity contribution is -0.118. The molecule has 0 aliphatic rings. The van der Waals surface area contributed by atoms with Crippen molar-refractivity contribution in [3.63, 3.8) is 0 Å². The van der Waals surface area contributed by atoms with E-state index in [4.69, 9.17) is 32.7 Å². The number of ether oxygens (including phenoxy) is 2. The normalized spacial score (nSPS) is 10.0. The van der Waals surface area contributed by atoms with Crippen LogP contribution in [0.1, 0.15) is 10.4 Å². The Morgan fingerprint density at radius 1 is 1.22 bits per heavy atom. The summed E-state index contributed by atoms with van der Waals surface area (Å²) in [5, 5.41) is 3.21. The molecule has 0 aliphatic heterocycles. The lowest BCUT2D eigenvalue weighted by atomic mass is 10.2. The molecule has 0 saturated heterocycles. The summed E-state index contributed by atoms with van der Waals surface area (Å²) in [6, 6.07) is 9.59. The molecular formula is C16H13Cl2NO4. The first-order valence-electron chi connectivity index (χ1n) is 6.55. The van der Waals surface area contributed by atoms with Crippen molar-refractivity contribution >= 4 is 41.1 Å². The summed E-state index contributed by atoms with van der Waals surface area (Å²) in [6.45, 7) is -0.297. The van der Waals surface area contributed by atoms with Crippen LogP contribution >= 0.6 is 23.2 Å². The quantitative estimate of drug-likeness (QED) is 0.801. The van der Waals surface area contributed by atoms with E-state index in [0.717, 1.165) is 0 Å². The van der Waals surface area contributed by atoms with Gasteiger partial charge in [-0.15, -0.1) is 0 Å². The van der Waals surface area contributed by atoms with Crippen molar-refractivity contribution in [2.75, 3.05) is 19.0 Å². The van der Waals surface area contributed by atoms with Crippen LogP contribution in [-0.2, 0) is 4.79 Å². The first-order valence-corrected chi connectivity index (χ1v) is 7.30. The van der Waals surface area contributed by atoms with Gasteiger partial charge in [0.1, 0.15) is 11.5 Å². The Morgan fingerprint density at radius 3 is 2.52 bits per heavy atom. The summed E-state index contributed by atoms with van der Waals surface area (Å²) in [5.74, 6) is 0.348. The maximum atomic E-state index is 11.9. The van der Waals surface area contributed by atoms with Crippen molar-refractivity contribution in [3.8, 4) is 11.5 Å². The zero-order valence-corrected chi connectivity index (χ0v) is 13.6. The van der Waals surface area contributed by atoms with Gasteiger partial charge in [-0.3, -0.25) is 9.59 Å². The molecule has 0 atom stereocenters. The van der Waals surface area contributed by atoms with Crippen LogP contribution in [0.15, 0.2) is 36.4 Å². The van der Waals surface area contributed by atoms with Crippen LogP contribution < -0.4 is 14.8 Å². The maximum Gasteiger partial charge on any atom is 0.262 e. The van der Waals surface area contributed by atoms with E-state index in [2.05, 4.69) is 5.32 Å². The van der Waals surface area contributed by atoms with Crippen molar-refractivity contribution in [1.82, 2.24) is 0 Å². The fraction of sp³-hybridized carbons (Fsp3) is 0.125. The third-order valence-corrected chi connectivity index (χ3v) is 3.56. The van der Waals surface area contributed by atoms with Crippen molar-refractivity contribution in [2.24, 2.45) is 0 Å². The van der Waals surface area contributed by atoms with Gasteiger partial charge in [-0.2, -0.15) is 0 Å². The molecule has 1 amide bonds. The number of aldehydes is 1. The molecule has 5 nitrogen and oxygen atoms in total. The Hall–Kier alpha value is -2.24. The minimum absolute atomic E-state index is 0.279. The summed E-state index contributed by atoms with van der Waals surface area (Å²) >= 11 is 11.9. The minimum Gasteiger partial charge on any atom is -0.497 e. The Bertz CT molecular complexity index is 714. The van der Waals surface area contributed by atoms with Gasteiger partial charge >= 0.3 is 0 Å². The summed E-state index contributed by atoms with van der Waals surface area (Å²) in [6.07, 6.45) is 0.626. The second kappa shape index (κ2) is 7.85. The first-order chi connectivity index (χ1) is 11.0. The van der Waals surface area contributed by atoms with Gasteiger partial charge in [0.2, 0.25) is 0 Å². The fourth-order valence-electron chi connectivity index (χ4n) is 1.81. The van der Waals surface area contributed by atoms with Gasteiger partial charge < -0.3 is 14.8 Å². The molecule has 120 valence electrons. The van der Waals surface area contributed by atoms with Gasteiger partial charge in [-0.1, -0.05) is 29.3 Å². The number of para-hydroxylation sites is 1. The molecule has 0 aliphatic carbocycles. The van der Waals surface area contributed by atoms with E-state index < -0.39 is 5.91 Å². The number of anilines is 1. The van der Waals surface area contributed by atoms with Crippen LogP contribution in [0.2, 0.25) is 10.0 Å². The van der Waals surface area contributed by atoms with E-state index in [0.29, 0.717) is 27.8 Å². The molecule has 0 spiro atoms. The number of carbonyl (C=O) groups excluding carboxylic acids is 2. The average molecular weight is 354 g/mol. The molecule has 0 fully saturated rings. The Kier molecular flexibility index (Phi) is 5.84. The fourth-order valence-corrected chi connectivity index (χ4v) is 2.31. The summed E-state index contributed by atoms with van der Waals surface area (Å²) in [7, 11) is 1.49. The van der Waals surface area contributed by atoms with Crippen LogP contribution in [0.25, 0.3) is 0 Å². The molecule has 0 unspecified atom stereocenters. The molecule has 23 heavy (non-hydrogen) atoms. The molecule has 0 saturated carbocycles. The molecule has 0 aromatic heterocycles. The third-order valence-electron chi connectivity index (χ3n) is 2.93. The van der Waals surface area contributed by atoms with Gasteiger partial charge in [0.15, 0.2) is 12.9 Å². The Labute approximate surface area is 143 Å². The Morgan fingerprint density at radius 2 is 1.91 bits per heavy atom. The monoisotopic (exact) mass is 353 g/mol. The number of nitrogens with one attached hydrogen (secondary N) is 1. The highest BCUT2D eigenvalue weighted by Crippen LogP contribution is 2.29. The predicted molar refractivity (Wildman–Crippen MR) is 89.0 cm³/mol.